The second-order valence-electron chi connectivity index (χ2n) is 4.22. The lowest BCUT2D eigenvalue weighted by Crippen LogP contribution is -2.39. The van der Waals surface area contributed by atoms with Gasteiger partial charge in [-0.05, 0) is 19.3 Å². The molecule has 2 rings (SSSR count). The second-order valence-corrected chi connectivity index (χ2v) is 4.22. The van der Waals surface area contributed by atoms with E-state index in [1.54, 1.807) is 0 Å². The van der Waals surface area contributed by atoms with Crippen molar-refractivity contribution in [3.63, 3.8) is 0 Å². The van der Waals surface area contributed by atoms with Gasteiger partial charge in [-0.1, -0.05) is 6.92 Å². The van der Waals surface area contributed by atoms with Gasteiger partial charge in [-0.15, -0.1) is 5.10 Å². The minimum atomic E-state index is -0.199. The highest BCUT2D eigenvalue weighted by molar-refractivity contribution is 5.90. The predicted molar refractivity (Wildman–Crippen MR) is 61.7 cm³/mol. The third-order valence-corrected chi connectivity index (χ3v) is 2.78. The highest BCUT2D eigenvalue weighted by Gasteiger charge is 2.19. The molecular formula is C11H18N4O2. The maximum Gasteiger partial charge on any atom is 0.291 e. The number of hydrogen-bond acceptors (Lipinski definition) is 4. The number of H-pyrrole nitrogens is 1. The van der Waals surface area contributed by atoms with E-state index in [0.717, 1.165) is 31.5 Å². The number of carbonyl (C=O) groups is 1. The Morgan fingerprint density at radius 3 is 3.00 bits per heavy atom. The Morgan fingerprint density at radius 1 is 1.53 bits per heavy atom. The van der Waals surface area contributed by atoms with Crippen LogP contribution in [0.1, 0.15) is 42.6 Å². The molecule has 1 saturated heterocycles. The Balaban J connectivity index is 1.89. The minimum Gasteiger partial charge on any atom is -0.381 e. The van der Waals surface area contributed by atoms with Crippen molar-refractivity contribution >= 4 is 5.91 Å². The number of nitrogens with one attached hydrogen (secondary N) is 2. The Kier molecular flexibility index (Phi) is 4.08. The molecule has 0 aliphatic carbocycles. The molecule has 0 spiro atoms. The van der Waals surface area contributed by atoms with Crippen LogP contribution in [0, 0.1) is 0 Å². The average molecular weight is 238 g/mol. The molecule has 1 aliphatic rings. The maximum absolute atomic E-state index is 11.8. The Labute approximate surface area is 100 Å². The number of carbonyl (C=O) groups excluding carboxylic acids is 1. The summed E-state index contributed by atoms with van der Waals surface area (Å²) in [5.74, 6) is 0.806. The van der Waals surface area contributed by atoms with Gasteiger partial charge in [-0.25, -0.2) is 4.98 Å². The molecule has 0 bridgehead atoms. The number of rotatable bonds is 4. The number of hydrogen-bond donors (Lipinski definition) is 2. The lowest BCUT2D eigenvalue weighted by molar-refractivity contribution is 0.0691. The summed E-state index contributed by atoms with van der Waals surface area (Å²) >= 11 is 0. The lowest BCUT2D eigenvalue weighted by atomic mass is 10.1. The van der Waals surface area contributed by atoms with Gasteiger partial charge in [-0.2, -0.15) is 0 Å². The average Bonchev–Trinajstić information content (AvgIpc) is 2.79. The third kappa shape index (κ3) is 3.26. The van der Waals surface area contributed by atoms with E-state index in [9.17, 15) is 4.79 Å². The molecule has 0 atom stereocenters. The summed E-state index contributed by atoms with van der Waals surface area (Å²) in [4.78, 5) is 16.0. The van der Waals surface area contributed by atoms with Gasteiger partial charge < -0.3 is 10.1 Å². The van der Waals surface area contributed by atoms with Crippen molar-refractivity contribution in [2.24, 2.45) is 0 Å². The third-order valence-electron chi connectivity index (χ3n) is 2.78. The summed E-state index contributed by atoms with van der Waals surface area (Å²) in [5, 5.41) is 9.63. The van der Waals surface area contributed by atoms with Gasteiger partial charge in [0.1, 0.15) is 5.82 Å². The van der Waals surface area contributed by atoms with Crippen LogP contribution in [0.15, 0.2) is 0 Å². The van der Waals surface area contributed by atoms with E-state index in [1.807, 2.05) is 0 Å². The van der Waals surface area contributed by atoms with Crippen molar-refractivity contribution in [3.05, 3.63) is 11.6 Å². The van der Waals surface area contributed by atoms with E-state index in [2.05, 4.69) is 27.4 Å². The molecule has 0 saturated carbocycles. The standard InChI is InChI=1S/C11H18N4O2/c1-2-3-9-13-10(15-14-9)11(16)12-8-4-6-17-7-5-8/h8H,2-7H2,1H3,(H,12,16)(H,13,14,15). The molecule has 1 aromatic rings. The van der Waals surface area contributed by atoms with E-state index in [4.69, 9.17) is 4.74 Å². The molecule has 0 unspecified atom stereocenters. The summed E-state index contributed by atoms with van der Waals surface area (Å²) in [6.07, 6.45) is 3.52. The Bertz CT molecular complexity index is 371. The SMILES string of the molecule is CCCc1nc(C(=O)NC2CCOCC2)n[nH]1. The quantitative estimate of drug-likeness (QED) is 0.807. The number of aryl methyl sites for hydroxylation is 1. The Hall–Kier alpha value is -1.43. The van der Waals surface area contributed by atoms with Crippen LogP contribution >= 0.6 is 0 Å². The molecule has 2 N–H and O–H groups in total. The maximum atomic E-state index is 11.8. The van der Waals surface area contributed by atoms with Crippen molar-refractivity contribution < 1.29 is 9.53 Å². The van der Waals surface area contributed by atoms with Crippen LogP contribution in [0.25, 0.3) is 0 Å². The van der Waals surface area contributed by atoms with Crippen molar-refractivity contribution in [2.45, 2.75) is 38.6 Å². The highest BCUT2D eigenvalue weighted by Crippen LogP contribution is 2.07. The minimum absolute atomic E-state index is 0.185. The largest absolute Gasteiger partial charge is 0.381 e. The molecule has 6 nitrogen and oxygen atoms in total. The van der Waals surface area contributed by atoms with E-state index in [1.165, 1.54) is 0 Å². The van der Waals surface area contributed by atoms with Crippen molar-refractivity contribution in [3.8, 4) is 0 Å². The molecule has 1 fully saturated rings. The molecule has 6 heteroatoms. The fourth-order valence-electron chi connectivity index (χ4n) is 1.84. The van der Waals surface area contributed by atoms with Crippen molar-refractivity contribution in [1.29, 1.82) is 0 Å². The summed E-state index contributed by atoms with van der Waals surface area (Å²) < 4.78 is 5.23. The molecule has 94 valence electrons. The van der Waals surface area contributed by atoms with Gasteiger partial charge in [-0.3, -0.25) is 9.89 Å². The first-order valence-corrected chi connectivity index (χ1v) is 6.09. The molecule has 17 heavy (non-hydrogen) atoms. The lowest BCUT2D eigenvalue weighted by Gasteiger charge is -2.22. The van der Waals surface area contributed by atoms with Gasteiger partial charge in [0.15, 0.2) is 0 Å². The summed E-state index contributed by atoms with van der Waals surface area (Å²) in [6, 6.07) is 0.185. The first-order chi connectivity index (χ1) is 8.29. The zero-order valence-corrected chi connectivity index (χ0v) is 10.0. The van der Waals surface area contributed by atoms with Crippen LogP contribution in [0.5, 0.6) is 0 Å². The number of ether oxygens (including phenoxy) is 1. The molecule has 0 aromatic carbocycles. The first-order valence-electron chi connectivity index (χ1n) is 6.09. The smallest absolute Gasteiger partial charge is 0.291 e. The molecule has 1 amide bonds. The summed E-state index contributed by atoms with van der Waals surface area (Å²) in [5.41, 5.74) is 0. The fourth-order valence-corrected chi connectivity index (χ4v) is 1.84. The van der Waals surface area contributed by atoms with E-state index in [-0.39, 0.29) is 17.8 Å². The highest BCUT2D eigenvalue weighted by atomic mass is 16.5. The van der Waals surface area contributed by atoms with Gasteiger partial charge in [0.2, 0.25) is 5.82 Å². The van der Waals surface area contributed by atoms with E-state index < -0.39 is 0 Å². The number of nitrogens with zero attached hydrogens (tertiary/aromatic N) is 2. The second kappa shape index (κ2) is 5.77. The van der Waals surface area contributed by atoms with Crippen molar-refractivity contribution in [2.75, 3.05) is 13.2 Å². The first kappa shape index (κ1) is 12.0. The van der Waals surface area contributed by atoms with Crippen LogP contribution in [-0.4, -0.2) is 40.3 Å². The number of amides is 1. The fraction of sp³-hybridized carbons (Fsp3) is 0.727. The van der Waals surface area contributed by atoms with Gasteiger partial charge >= 0.3 is 0 Å². The van der Waals surface area contributed by atoms with Crippen LogP contribution in [0.3, 0.4) is 0 Å². The molecule has 1 aliphatic heterocycles. The normalized spacial score (nSPS) is 17.0. The topological polar surface area (TPSA) is 79.9 Å². The monoisotopic (exact) mass is 238 g/mol. The van der Waals surface area contributed by atoms with Gasteiger partial charge in [0.25, 0.3) is 5.91 Å². The zero-order valence-electron chi connectivity index (χ0n) is 10.0. The molecule has 1 aromatic heterocycles. The summed E-state index contributed by atoms with van der Waals surface area (Å²) in [6.45, 7) is 3.48. The van der Waals surface area contributed by atoms with Crippen molar-refractivity contribution in [1.82, 2.24) is 20.5 Å². The predicted octanol–water partition coefficient (Wildman–Crippen LogP) is 0.666. The van der Waals surface area contributed by atoms with Crippen LogP contribution in [0.4, 0.5) is 0 Å². The van der Waals surface area contributed by atoms with Gasteiger partial charge in [0.05, 0.1) is 0 Å². The van der Waals surface area contributed by atoms with Crippen LogP contribution in [0.2, 0.25) is 0 Å². The zero-order chi connectivity index (χ0) is 12.1. The van der Waals surface area contributed by atoms with Crippen LogP contribution in [-0.2, 0) is 11.2 Å². The molecule has 2 heterocycles. The molecular weight excluding hydrogens is 220 g/mol. The summed E-state index contributed by atoms with van der Waals surface area (Å²) in [7, 11) is 0. The van der Waals surface area contributed by atoms with E-state index >= 15 is 0 Å². The van der Waals surface area contributed by atoms with E-state index in [0.29, 0.717) is 13.2 Å². The number of aromatic amines is 1. The number of aromatic nitrogens is 3. The van der Waals surface area contributed by atoms with Crippen LogP contribution < -0.4 is 5.32 Å². The molecule has 0 radical (unpaired) electrons. The van der Waals surface area contributed by atoms with Gasteiger partial charge in [0, 0.05) is 25.7 Å². The Morgan fingerprint density at radius 2 is 2.29 bits per heavy atom.